The van der Waals surface area contributed by atoms with Gasteiger partial charge in [-0.25, -0.2) is 0 Å². The molecule has 2 amide bonds. The smallest absolute Gasteiger partial charge is 0.242 e. The van der Waals surface area contributed by atoms with Crippen LogP contribution >= 0.6 is 11.8 Å². The zero-order valence-corrected chi connectivity index (χ0v) is 9.66. The molecule has 2 rings (SSSR count). The maximum Gasteiger partial charge on any atom is 0.242 e. The molecule has 1 saturated heterocycles. The molecule has 1 fully saturated rings. The fourth-order valence-corrected chi connectivity index (χ4v) is 2.74. The van der Waals surface area contributed by atoms with Gasteiger partial charge >= 0.3 is 0 Å². The van der Waals surface area contributed by atoms with Crippen LogP contribution in [0.4, 0.5) is 5.69 Å². The van der Waals surface area contributed by atoms with E-state index in [0.717, 1.165) is 4.90 Å². The summed E-state index contributed by atoms with van der Waals surface area (Å²) in [4.78, 5) is 25.1. The Morgan fingerprint density at radius 2 is 2.19 bits per heavy atom. The Hall–Kier alpha value is -1.49. The zero-order chi connectivity index (χ0) is 11.7. The third-order valence-electron chi connectivity index (χ3n) is 2.48. The number of hydrogen-bond donors (Lipinski definition) is 1. The second-order valence-corrected chi connectivity index (χ2v) is 4.95. The van der Waals surface area contributed by atoms with Gasteiger partial charge in [-0.05, 0) is 18.2 Å². The number of anilines is 1. The van der Waals surface area contributed by atoms with E-state index in [2.05, 4.69) is 0 Å². The van der Waals surface area contributed by atoms with E-state index in [0.29, 0.717) is 5.69 Å². The van der Waals surface area contributed by atoms with E-state index in [9.17, 15) is 9.59 Å². The van der Waals surface area contributed by atoms with Gasteiger partial charge in [0.05, 0.1) is 5.25 Å². The minimum Gasteiger partial charge on any atom is -0.399 e. The summed E-state index contributed by atoms with van der Waals surface area (Å²) in [6.07, 6.45) is 0.273. The molecule has 1 aliphatic rings. The monoisotopic (exact) mass is 236 g/mol. The van der Waals surface area contributed by atoms with Gasteiger partial charge in [-0.3, -0.25) is 14.5 Å². The summed E-state index contributed by atoms with van der Waals surface area (Å²) < 4.78 is 0. The van der Waals surface area contributed by atoms with Crippen molar-refractivity contribution in [3.63, 3.8) is 0 Å². The summed E-state index contributed by atoms with van der Waals surface area (Å²) in [7, 11) is 1.52. The molecule has 0 spiro atoms. The summed E-state index contributed by atoms with van der Waals surface area (Å²) in [5, 5.41) is -0.306. The lowest BCUT2D eigenvalue weighted by Crippen LogP contribution is -2.26. The van der Waals surface area contributed by atoms with Gasteiger partial charge in [-0.15, -0.1) is 11.8 Å². The van der Waals surface area contributed by atoms with Crippen molar-refractivity contribution in [2.24, 2.45) is 0 Å². The quantitative estimate of drug-likeness (QED) is 0.617. The first-order chi connectivity index (χ1) is 7.58. The Bertz CT molecular complexity index is 447. The molecule has 1 unspecified atom stereocenters. The molecular formula is C11H12N2O2S. The van der Waals surface area contributed by atoms with Crippen molar-refractivity contribution in [1.29, 1.82) is 0 Å². The van der Waals surface area contributed by atoms with Gasteiger partial charge in [0, 0.05) is 24.1 Å². The Kier molecular flexibility index (Phi) is 2.87. The number of likely N-dealkylation sites (tertiary alicyclic amines) is 1. The maximum atomic E-state index is 11.7. The number of nitrogens with zero attached hydrogens (tertiary/aromatic N) is 1. The van der Waals surface area contributed by atoms with Crippen LogP contribution in [0.1, 0.15) is 6.42 Å². The van der Waals surface area contributed by atoms with Crippen LogP contribution in [0, 0.1) is 0 Å². The number of hydrogen-bond acceptors (Lipinski definition) is 4. The molecule has 1 heterocycles. The normalized spacial score (nSPS) is 20.6. The Morgan fingerprint density at radius 1 is 1.44 bits per heavy atom. The van der Waals surface area contributed by atoms with Gasteiger partial charge in [0.2, 0.25) is 11.8 Å². The van der Waals surface area contributed by atoms with Crippen molar-refractivity contribution in [1.82, 2.24) is 4.90 Å². The number of nitrogens with two attached hydrogens (primary N) is 1. The highest BCUT2D eigenvalue weighted by molar-refractivity contribution is 8.00. The second kappa shape index (κ2) is 4.17. The fourth-order valence-electron chi connectivity index (χ4n) is 1.57. The summed E-state index contributed by atoms with van der Waals surface area (Å²) in [6, 6.07) is 7.32. The topological polar surface area (TPSA) is 63.4 Å². The summed E-state index contributed by atoms with van der Waals surface area (Å²) in [6.45, 7) is 0. The molecule has 1 aliphatic heterocycles. The molecular weight excluding hydrogens is 224 g/mol. The van der Waals surface area contributed by atoms with E-state index in [-0.39, 0.29) is 23.5 Å². The van der Waals surface area contributed by atoms with Crippen molar-refractivity contribution >= 4 is 29.3 Å². The minimum absolute atomic E-state index is 0.119. The molecule has 5 heteroatoms. The number of imide groups is 1. The summed E-state index contributed by atoms with van der Waals surface area (Å²) in [5.74, 6) is -0.246. The molecule has 0 aromatic heterocycles. The van der Waals surface area contributed by atoms with Crippen LogP contribution in [0.2, 0.25) is 0 Å². The van der Waals surface area contributed by atoms with Gasteiger partial charge in [0.1, 0.15) is 0 Å². The largest absolute Gasteiger partial charge is 0.399 e. The van der Waals surface area contributed by atoms with E-state index < -0.39 is 0 Å². The van der Waals surface area contributed by atoms with Crippen LogP contribution in [-0.4, -0.2) is 29.0 Å². The van der Waals surface area contributed by atoms with Crippen molar-refractivity contribution in [2.75, 3.05) is 12.8 Å². The van der Waals surface area contributed by atoms with Gasteiger partial charge in [0.15, 0.2) is 0 Å². The lowest BCUT2D eigenvalue weighted by Gasteiger charge is -2.08. The van der Waals surface area contributed by atoms with Crippen molar-refractivity contribution < 1.29 is 9.59 Å². The summed E-state index contributed by atoms with van der Waals surface area (Å²) in [5.41, 5.74) is 6.31. The highest BCUT2D eigenvalue weighted by Crippen LogP contribution is 2.31. The minimum atomic E-state index is -0.306. The molecule has 1 aromatic carbocycles. The molecule has 1 atom stereocenters. The molecule has 0 bridgehead atoms. The number of rotatable bonds is 2. The van der Waals surface area contributed by atoms with Gasteiger partial charge in [-0.1, -0.05) is 6.07 Å². The van der Waals surface area contributed by atoms with Gasteiger partial charge in [-0.2, -0.15) is 0 Å². The number of amides is 2. The lowest BCUT2D eigenvalue weighted by atomic mass is 10.3. The Morgan fingerprint density at radius 3 is 2.75 bits per heavy atom. The molecule has 2 N–H and O–H groups in total. The van der Waals surface area contributed by atoms with Crippen LogP contribution in [0.3, 0.4) is 0 Å². The fraction of sp³-hybridized carbons (Fsp3) is 0.273. The average Bonchev–Trinajstić information content (AvgIpc) is 2.47. The van der Waals surface area contributed by atoms with E-state index in [1.165, 1.54) is 23.7 Å². The molecule has 1 aromatic rings. The highest BCUT2D eigenvalue weighted by atomic mass is 32.2. The molecule has 84 valence electrons. The average molecular weight is 236 g/mol. The Balaban J connectivity index is 2.12. The maximum absolute atomic E-state index is 11.7. The van der Waals surface area contributed by atoms with Crippen LogP contribution in [-0.2, 0) is 9.59 Å². The second-order valence-electron chi connectivity index (χ2n) is 3.67. The van der Waals surface area contributed by atoms with Gasteiger partial charge in [0.25, 0.3) is 0 Å². The first-order valence-corrected chi connectivity index (χ1v) is 5.78. The zero-order valence-electron chi connectivity index (χ0n) is 8.84. The number of nitrogen functional groups attached to an aromatic ring is 1. The highest BCUT2D eigenvalue weighted by Gasteiger charge is 2.36. The lowest BCUT2D eigenvalue weighted by molar-refractivity contribution is -0.136. The first kappa shape index (κ1) is 11.0. The molecule has 16 heavy (non-hydrogen) atoms. The molecule has 0 aliphatic carbocycles. The predicted molar refractivity (Wildman–Crippen MR) is 62.9 cm³/mol. The third-order valence-corrected chi connectivity index (χ3v) is 3.66. The Labute approximate surface area is 97.8 Å². The van der Waals surface area contributed by atoms with E-state index in [1.54, 1.807) is 12.1 Å². The number of thioether (sulfide) groups is 1. The van der Waals surface area contributed by atoms with Crippen LogP contribution in [0.15, 0.2) is 29.2 Å². The van der Waals surface area contributed by atoms with Crippen molar-refractivity contribution in [3.05, 3.63) is 24.3 Å². The first-order valence-electron chi connectivity index (χ1n) is 4.90. The molecule has 0 saturated carbocycles. The summed E-state index contributed by atoms with van der Waals surface area (Å²) >= 11 is 1.39. The van der Waals surface area contributed by atoms with Crippen LogP contribution < -0.4 is 5.73 Å². The van der Waals surface area contributed by atoms with Crippen molar-refractivity contribution in [3.8, 4) is 0 Å². The third kappa shape index (κ3) is 2.04. The van der Waals surface area contributed by atoms with Crippen LogP contribution in [0.5, 0.6) is 0 Å². The van der Waals surface area contributed by atoms with E-state index >= 15 is 0 Å². The van der Waals surface area contributed by atoms with Gasteiger partial charge < -0.3 is 5.73 Å². The SMILES string of the molecule is CN1C(=O)CC(Sc2cccc(N)c2)C1=O. The molecule has 0 radical (unpaired) electrons. The predicted octanol–water partition coefficient (Wildman–Crippen LogP) is 1.12. The number of carbonyl (C=O) groups is 2. The number of benzene rings is 1. The van der Waals surface area contributed by atoms with E-state index in [1.807, 2.05) is 12.1 Å². The van der Waals surface area contributed by atoms with Crippen LogP contribution in [0.25, 0.3) is 0 Å². The van der Waals surface area contributed by atoms with E-state index in [4.69, 9.17) is 5.73 Å². The number of carbonyl (C=O) groups excluding carboxylic acids is 2. The van der Waals surface area contributed by atoms with Crippen molar-refractivity contribution in [2.45, 2.75) is 16.6 Å². The standard InChI is InChI=1S/C11H12N2O2S/c1-13-10(14)6-9(11(13)15)16-8-4-2-3-7(12)5-8/h2-5,9H,6,12H2,1H3. The molecule has 4 nitrogen and oxygen atoms in total.